The standard InChI is InChI=1S/C24H22N2O4/c1-15-10-20-17(12-23(27)30-22(20)11-16(15)2)13-25-21-8-4-3-7-19(21)24(28)26-14-18-6-5-9-29-18/h3-12,25H,13-14H2,1-2H3,(H,26,28). The lowest BCUT2D eigenvalue weighted by molar-refractivity contribution is 0.0949. The quantitative estimate of drug-likeness (QED) is 0.463. The number of rotatable bonds is 6. The topological polar surface area (TPSA) is 84.5 Å². The number of carbonyl (C=O) groups excluding carboxylic acids is 1. The summed E-state index contributed by atoms with van der Waals surface area (Å²) in [5.41, 5.74) is 4.36. The molecular formula is C24H22N2O4. The molecule has 2 heterocycles. The summed E-state index contributed by atoms with van der Waals surface area (Å²) in [5.74, 6) is 0.473. The van der Waals surface area contributed by atoms with Gasteiger partial charge in [0.1, 0.15) is 11.3 Å². The van der Waals surface area contributed by atoms with Gasteiger partial charge in [-0.25, -0.2) is 4.79 Å². The van der Waals surface area contributed by atoms with Crippen LogP contribution in [0.5, 0.6) is 0 Å². The number of nitrogens with one attached hydrogen (secondary N) is 2. The van der Waals surface area contributed by atoms with Crippen LogP contribution in [0.4, 0.5) is 5.69 Å². The third-order valence-electron chi connectivity index (χ3n) is 5.09. The fourth-order valence-electron chi connectivity index (χ4n) is 3.33. The molecule has 4 rings (SSSR count). The van der Waals surface area contributed by atoms with Crippen molar-refractivity contribution in [2.75, 3.05) is 5.32 Å². The van der Waals surface area contributed by atoms with Crippen LogP contribution in [0, 0.1) is 13.8 Å². The van der Waals surface area contributed by atoms with Crippen LogP contribution in [0.25, 0.3) is 11.0 Å². The molecule has 6 nitrogen and oxygen atoms in total. The van der Waals surface area contributed by atoms with Crippen LogP contribution >= 0.6 is 0 Å². The molecule has 4 aromatic rings. The zero-order chi connectivity index (χ0) is 21.1. The maximum absolute atomic E-state index is 12.7. The number of amides is 1. The van der Waals surface area contributed by atoms with Gasteiger partial charge >= 0.3 is 5.63 Å². The van der Waals surface area contributed by atoms with Gasteiger partial charge in [0.25, 0.3) is 5.91 Å². The van der Waals surface area contributed by atoms with Crippen molar-refractivity contribution < 1.29 is 13.6 Å². The van der Waals surface area contributed by atoms with Gasteiger partial charge in [0.15, 0.2) is 0 Å². The van der Waals surface area contributed by atoms with Gasteiger partial charge < -0.3 is 19.5 Å². The molecule has 0 bridgehead atoms. The smallest absolute Gasteiger partial charge is 0.336 e. The number of hydrogen-bond donors (Lipinski definition) is 2. The normalized spacial score (nSPS) is 10.9. The average molecular weight is 402 g/mol. The minimum Gasteiger partial charge on any atom is -0.467 e. The number of para-hydroxylation sites is 1. The molecule has 0 aliphatic carbocycles. The van der Waals surface area contributed by atoms with Crippen LogP contribution in [0.15, 0.2) is 74.5 Å². The molecule has 0 radical (unpaired) electrons. The van der Waals surface area contributed by atoms with Gasteiger partial charge in [-0.05, 0) is 66.9 Å². The van der Waals surface area contributed by atoms with Crippen molar-refractivity contribution in [1.82, 2.24) is 5.32 Å². The molecule has 2 aromatic heterocycles. The number of anilines is 1. The summed E-state index contributed by atoms with van der Waals surface area (Å²) in [5, 5.41) is 7.03. The summed E-state index contributed by atoms with van der Waals surface area (Å²) >= 11 is 0. The second kappa shape index (κ2) is 8.29. The number of furan rings is 1. The summed E-state index contributed by atoms with van der Waals surface area (Å²) in [4.78, 5) is 24.7. The summed E-state index contributed by atoms with van der Waals surface area (Å²) in [6.45, 7) is 4.70. The zero-order valence-corrected chi connectivity index (χ0v) is 16.8. The zero-order valence-electron chi connectivity index (χ0n) is 16.8. The Morgan fingerprint density at radius 1 is 0.967 bits per heavy atom. The molecule has 0 unspecified atom stereocenters. The Bertz CT molecular complexity index is 1260. The number of carbonyl (C=O) groups is 1. The van der Waals surface area contributed by atoms with Crippen LogP contribution < -0.4 is 16.3 Å². The van der Waals surface area contributed by atoms with E-state index in [1.54, 1.807) is 24.5 Å². The molecule has 0 spiro atoms. The Balaban J connectivity index is 1.57. The number of aryl methyl sites for hydroxylation is 2. The van der Waals surface area contributed by atoms with Crippen LogP contribution in [-0.4, -0.2) is 5.91 Å². The van der Waals surface area contributed by atoms with E-state index in [4.69, 9.17) is 8.83 Å². The predicted molar refractivity (Wildman–Crippen MR) is 116 cm³/mol. The maximum atomic E-state index is 12.7. The molecule has 0 saturated carbocycles. The number of hydrogen-bond acceptors (Lipinski definition) is 5. The predicted octanol–water partition coefficient (Wildman–Crippen LogP) is 4.54. The SMILES string of the molecule is Cc1cc2oc(=O)cc(CNc3ccccc3C(=O)NCc3ccco3)c2cc1C. The van der Waals surface area contributed by atoms with Gasteiger partial charge in [-0.3, -0.25) is 4.79 Å². The molecule has 0 aliphatic heterocycles. The number of benzene rings is 2. The molecule has 0 atom stereocenters. The van der Waals surface area contributed by atoms with Crippen LogP contribution in [0.1, 0.15) is 32.8 Å². The summed E-state index contributed by atoms with van der Waals surface area (Å²) < 4.78 is 10.6. The molecule has 0 saturated heterocycles. The molecule has 30 heavy (non-hydrogen) atoms. The van der Waals surface area contributed by atoms with E-state index < -0.39 is 5.63 Å². The highest BCUT2D eigenvalue weighted by atomic mass is 16.4. The summed E-state index contributed by atoms with van der Waals surface area (Å²) in [7, 11) is 0. The highest BCUT2D eigenvalue weighted by molar-refractivity contribution is 5.99. The van der Waals surface area contributed by atoms with Crippen molar-refractivity contribution in [3.63, 3.8) is 0 Å². The van der Waals surface area contributed by atoms with Gasteiger partial charge in [0.2, 0.25) is 0 Å². The fourth-order valence-corrected chi connectivity index (χ4v) is 3.33. The first-order chi connectivity index (χ1) is 14.5. The van der Waals surface area contributed by atoms with Crippen molar-refractivity contribution in [2.45, 2.75) is 26.9 Å². The third kappa shape index (κ3) is 4.12. The van der Waals surface area contributed by atoms with Crippen LogP contribution in [-0.2, 0) is 13.1 Å². The van der Waals surface area contributed by atoms with Gasteiger partial charge in [0.05, 0.1) is 18.4 Å². The summed E-state index contributed by atoms with van der Waals surface area (Å²) in [6.07, 6.45) is 1.57. The van der Waals surface area contributed by atoms with Gasteiger partial charge in [0, 0.05) is 23.7 Å². The second-order valence-electron chi connectivity index (χ2n) is 7.18. The average Bonchev–Trinajstić information content (AvgIpc) is 3.25. The van der Waals surface area contributed by atoms with Crippen molar-refractivity contribution in [3.8, 4) is 0 Å². The van der Waals surface area contributed by atoms with E-state index in [1.165, 1.54) is 6.07 Å². The first kappa shape index (κ1) is 19.5. The Hall–Kier alpha value is -3.80. The van der Waals surface area contributed by atoms with Crippen LogP contribution in [0.3, 0.4) is 0 Å². The molecular weight excluding hydrogens is 380 g/mol. The molecule has 152 valence electrons. The molecule has 2 aromatic carbocycles. The summed E-state index contributed by atoms with van der Waals surface area (Å²) in [6, 6.07) is 16.2. The fraction of sp³-hybridized carbons (Fsp3) is 0.167. The van der Waals surface area contributed by atoms with Crippen LogP contribution in [0.2, 0.25) is 0 Å². The third-order valence-corrected chi connectivity index (χ3v) is 5.09. The lowest BCUT2D eigenvalue weighted by atomic mass is 10.0. The second-order valence-corrected chi connectivity index (χ2v) is 7.18. The highest BCUT2D eigenvalue weighted by Gasteiger charge is 2.13. The van der Waals surface area contributed by atoms with E-state index >= 15 is 0 Å². The Morgan fingerprint density at radius 2 is 1.77 bits per heavy atom. The van der Waals surface area contributed by atoms with E-state index in [1.807, 2.05) is 44.2 Å². The molecule has 1 amide bonds. The lowest BCUT2D eigenvalue weighted by Gasteiger charge is -2.13. The first-order valence-corrected chi connectivity index (χ1v) is 9.69. The largest absolute Gasteiger partial charge is 0.467 e. The van der Waals surface area contributed by atoms with Gasteiger partial charge in [-0.1, -0.05) is 12.1 Å². The molecule has 0 fully saturated rings. The monoisotopic (exact) mass is 402 g/mol. The minimum atomic E-state index is -0.396. The number of fused-ring (bicyclic) bond motifs is 1. The van der Waals surface area contributed by atoms with E-state index in [2.05, 4.69) is 10.6 Å². The van der Waals surface area contributed by atoms with Crippen molar-refractivity contribution in [2.24, 2.45) is 0 Å². The van der Waals surface area contributed by atoms with E-state index in [9.17, 15) is 9.59 Å². The van der Waals surface area contributed by atoms with Crippen molar-refractivity contribution >= 4 is 22.6 Å². The Morgan fingerprint density at radius 3 is 2.57 bits per heavy atom. The Labute approximate surface area is 173 Å². The molecule has 6 heteroatoms. The van der Waals surface area contributed by atoms with Gasteiger partial charge in [-0.2, -0.15) is 0 Å². The minimum absolute atomic E-state index is 0.210. The van der Waals surface area contributed by atoms with E-state index in [0.29, 0.717) is 35.7 Å². The van der Waals surface area contributed by atoms with E-state index in [0.717, 1.165) is 22.1 Å². The lowest BCUT2D eigenvalue weighted by Crippen LogP contribution is -2.23. The van der Waals surface area contributed by atoms with Crippen molar-refractivity contribution in [3.05, 3.63) is 99.3 Å². The molecule has 2 N–H and O–H groups in total. The highest BCUT2D eigenvalue weighted by Crippen LogP contribution is 2.23. The van der Waals surface area contributed by atoms with Crippen molar-refractivity contribution in [1.29, 1.82) is 0 Å². The maximum Gasteiger partial charge on any atom is 0.336 e. The molecule has 0 aliphatic rings. The van der Waals surface area contributed by atoms with Gasteiger partial charge in [-0.15, -0.1) is 0 Å². The Kier molecular flexibility index (Phi) is 5.39. The van der Waals surface area contributed by atoms with E-state index in [-0.39, 0.29) is 5.91 Å². The first-order valence-electron chi connectivity index (χ1n) is 9.69.